The molecular weight excluding hydrogens is 935 g/mol. The largest absolute Gasteiger partial charge is 0.545 e. The lowest BCUT2D eigenvalue weighted by molar-refractivity contribution is -0.870. The fourth-order valence-corrected chi connectivity index (χ4v) is 6.93. The predicted molar refractivity (Wildman–Crippen MR) is 315 cm³/mol. The zero-order chi connectivity index (χ0) is 54.8. The van der Waals surface area contributed by atoms with E-state index in [2.05, 4.69) is 172 Å². The molecule has 9 heteroatoms. The standard InChI is InChI=1S/C66H103NO8/c1-6-8-10-12-14-16-18-20-21-22-23-24-25-26-27-28-29-30-31-32-33-34-35-36-37-38-39-40-41-42-43-45-47-49-51-53-55-57-64(69)75-62(61-74-66(65(70)71)72-59-58-67(3,4)5)60-73-63(68)56-54-52-50-48-46-44-19-17-15-13-11-9-7-2/h8-11,14-17,20-21,23-24,26-27,29-30,32-33,35-36,38-39,41-42,44,46,62,66H,6-7,12-13,18-19,22,25,28,31,34,37,40,43,45,47-61H2,1-5H3/b10-8-,11-9-,16-14-,17-15-,21-20-,24-23-,27-26-,30-29-,33-32-,36-35-,39-38-,42-41-,46-44-. The van der Waals surface area contributed by atoms with Crippen LogP contribution in [0.5, 0.6) is 0 Å². The molecule has 0 aromatic carbocycles. The number of esters is 2. The first-order valence-corrected chi connectivity index (χ1v) is 28.6. The van der Waals surface area contributed by atoms with Crippen molar-refractivity contribution in [2.24, 2.45) is 0 Å². The van der Waals surface area contributed by atoms with Gasteiger partial charge in [-0.3, -0.25) is 9.59 Å². The molecule has 0 rings (SSSR count). The van der Waals surface area contributed by atoms with Gasteiger partial charge in [0.25, 0.3) is 0 Å². The highest BCUT2D eigenvalue weighted by Crippen LogP contribution is 2.12. The highest BCUT2D eigenvalue weighted by Gasteiger charge is 2.22. The van der Waals surface area contributed by atoms with Crippen molar-refractivity contribution in [1.29, 1.82) is 0 Å². The van der Waals surface area contributed by atoms with Crippen LogP contribution < -0.4 is 5.11 Å². The molecule has 0 radical (unpaired) electrons. The lowest BCUT2D eigenvalue weighted by atomic mass is 10.1. The summed E-state index contributed by atoms with van der Waals surface area (Å²) in [6.45, 7) is 4.42. The van der Waals surface area contributed by atoms with Crippen LogP contribution in [0.3, 0.4) is 0 Å². The summed E-state index contributed by atoms with van der Waals surface area (Å²) >= 11 is 0. The Bertz CT molecular complexity index is 1780. The molecule has 0 aromatic heterocycles. The van der Waals surface area contributed by atoms with E-state index in [-0.39, 0.29) is 32.7 Å². The summed E-state index contributed by atoms with van der Waals surface area (Å²) < 4.78 is 22.6. The minimum Gasteiger partial charge on any atom is -0.545 e. The third kappa shape index (κ3) is 56.5. The summed E-state index contributed by atoms with van der Waals surface area (Å²) in [5.41, 5.74) is 0. The summed E-state index contributed by atoms with van der Waals surface area (Å²) in [5, 5.41) is 11.7. The van der Waals surface area contributed by atoms with Crippen molar-refractivity contribution in [2.75, 3.05) is 47.5 Å². The van der Waals surface area contributed by atoms with Gasteiger partial charge in [-0.05, 0) is 122 Å². The number of carboxylic acid groups (broad SMARTS) is 1. The van der Waals surface area contributed by atoms with Crippen molar-refractivity contribution in [3.8, 4) is 0 Å². The van der Waals surface area contributed by atoms with Gasteiger partial charge in [0.15, 0.2) is 12.4 Å². The Morgan fingerprint density at radius 2 is 0.720 bits per heavy atom. The first-order valence-electron chi connectivity index (χ1n) is 28.6. The smallest absolute Gasteiger partial charge is 0.306 e. The average Bonchev–Trinajstić information content (AvgIpc) is 3.38. The molecule has 0 spiro atoms. The maximum atomic E-state index is 12.8. The van der Waals surface area contributed by atoms with Gasteiger partial charge in [-0.1, -0.05) is 204 Å². The Balaban J connectivity index is 4.27. The molecule has 0 aliphatic carbocycles. The molecule has 420 valence electrons. The summed E-state index contributed by atoms with van der Waals surface area (Å²) in [7, 11) is 5.88. The van der Waals surface area contributed by atoms with E-state index in [0.29, 0.717) is 23.9 Å². The molecule has 0 bridgehead atoms. The Kier molecular flexibility index (Phi) is 51.4. The molecule has 0 aromatic rings. The third-order valence-corrected chi connectivity index (χ3v) is 11.3. The lowest BCUT2D eigenvalue weighted by Gasteiger charge is -2.26. The molecule has 2 atom stereocenters. The molecule has 9 nitrogen and oxygen atoms in total. The maximum absolute atomic E-state index is 12.8. The molecule has 0 heterocycles. The molecule has 0 saturated carbocycles. The Morgan fingerprint density at radius 3 is 1.08 bits per heavy atom. The number of hydrogen-bond donors (Lipinski definition) is 0. The van der Waals surface area contributed by atoms with Crippen LogP contribution >= 0.6 is 0 Å². The molecule has 0 amide bonds. The van der Waals surface area contributed by atoms with Gasteiger partial charge in [-0.25, -0.2) is 0 Å². The van der Waals surface area contributed by atoms with Crippen molar-refractivity contribution >= 4 is 17.9 Å². The van der Waals surface area contributed by atoms with Crippen LogP contribution in [0, 0.1) is 0 Å². The number of rotatable bonds is 50. The predicted octanol–water partition coefficient (Wildman–Crippen LogP) is 15.7. The third-order valence-electron chi connectivity index (χ3n) is 11.3. The minimum absolute atomic E-state index is 0.130. The van der Waals surface area contributed by atoms with E-state index in [1.807, 2.05) is 21.1 Å². The van der Waals surface area contributed by atoms with Crippen molar-refractivity contribution in [2.45, 2.75) is 193 Å². The molecule has 0 saturated heterocycles. The highest BCUT2D eigenvalue weighted by atomic mass is 16.7. The normalized spacial score (nSPS) is 14.0. The molecule has 2 unspecified atom stereocenters. The maximum Gasteiger partial charge on any atom is 0.306 e. The number of quaternary nitrogens is 1. The molecule has 75 heavy (non-hydrogen) atoms. The zero-order valence-electron chi connectivity index (χ0n) is 47.6. The van der Waals surface area contributed by atoms with Gasteiger partial charge in [-0.15, -0.1) is 0 Å². The fraction of sp³-hybridized carbons (Fsp3) is 0.561. The second kappa shape index (κ2) is 55.2. The number of carboxylic acids is 1. The Hall–Kier alpha value is -5.09. The number of ether oxygens (including phenoxy) is 4. The summed E-state index contributed by atoms with van der Waals surface area (Å²) in [6, 6.07) is 0. The molecule has 0 aliphatic heterocycles. The molecule has 0 fully saturated rings. The SMILES string of the molecule is CC/C=C\C/C=C\C/C=C\C/C=C\C/C=C\C/C=C\C/C=C\C/C=C\C/C=C\C/C=C\CCCCCCCCC(=O)OC(COC(=O)CCCCC/C=C\C/C=C\C/C=C\CC)COC(OCC[N+](C)(C)C)C(=O)[O-]. The second-order valence-corrected chi connectivity index (χ2v) is 19.5. The quantitative estimate of drug-likeness (QED) is 0.0195. The second-order valence-electron chi connectivity index (χ2n) is 19.5. The number of carbonyl (C=O) groups is 3. The number of unbranched alkanes of at least 4 members (excludes halogenated alkanes) is 9. The van der Waals surface area contributed by atoms with E-state index < -0.39 is 30.3 Å². The van der Waals surface area contributed by atoms with E-state index in [1.165, 1.54) is 0 Å². The van der Waals surface area contributed by atoms with E-state index in [4.69, 9.17) is 18.9 Å². The number of aliphatic carboxylic acids is 1. The van der Waals surface area contributed by atoms with Crippen molar-refractivity contribution in [1.82, 2.24) is 0 Å². The van der Waals surface area contributed by atoms with Crippen LogP contribution in [-0.4, -0.2) is 82.3 Å². The van der Waals surface area contributed by atoms with Gasteiger partial charge in [-0.2, -0.15) is 0 Å². The van der Waals surface area contributed by atoms with Gasteiger partial charge in [0.1, 0.15) is 13.2 Å². The van der Waals surface area contributed by atoms with Crippen molar-refractivity contribution in [3.05, 3.63) is 158 Å². The molecule has 0 N–H and O–H groups in total. The molecule has 0 aliphatic rings. The monoisotopic (exact) mass is 1040 g/mol. The van der Waals surface area contributed by atoms with Crippen LogP contribution in [0.2, 0.25) is 0 Å². The van der Waals surface area contributed by atoms with Gasteiger partial charge < -0.3 is 33.3 Å². The van der Waals surface area contributed by atoms with Gasteiger partial charge in [0.05, 0.1) is 40.3 Å². The topological polar surface area (TPSA) is 111 Å². The first kappa shape index (κ1) is 69.9. The molecular formula is C66H103NO8. The summed E-state index contributed by atoms with van der Waals surface area (Å²) in [5.74, 6) is -2.37. The van der Waals surface area contributed by atoms with Gasteiger partial charge in [0.2, 0.25) is 0 Å². The van der Waals surface area contributed by atoms with E-state index in [0.717, 1.165) is 141 Å². The van der Waals surface area contributed by atoms with Crippen LogP contribution in [-0.2, 0) is 33.3 Å². The number of carbonyl (C=O) groups excluding carboxylic acids is 3. The lowest BCUT2D eigenvalue weighted by Crippen LogP contribution is -2.44. The summed E-state index contributed by atoms with van der Waals surface area (Å²) in [4.78, 5) is 37.2. The fourth-order valence-electron chi connectivity index (χ4n) is 6.93. The van der Waals surface area contributed by atoms with E-state index >= 15 is 0 Å². The van der Waals surface area contributed by atoms with Crippen LogP contribution in [0.25, 0.3) is 0 Å². The van der Waals surface area contributed by atoms with Gasteiger partial charge >= 0.3 is 11.9 Å². The van der Waals surface area contributed by atoms with E-state index in [1.54, 1.807) is 0 Å². The van der Waals surface area contributed by atoms with Crippen LogP contribution in [0.1, 0.15) is 181 Å². The average molecular weight is 1040 g/mol. The number of hydrogen-bond acceptors (Lipinski definition) is 8. The summed E-state index contributed by atoms with van der Waals surface area (Å²) in [6.07, 6.45) is 78.8. The van der Waals surface area contributed by atoms with Gasteiger partial charge in [0, 0.05) is 12.8 Å². The van der Waals surface area contributed by atoms with Crippen molar-refractivity contribution < 1.29 is 42.9 Å². The Labute approximate surface area is 457 Å². The minimum atomic E-state index is -1.64. The number of likely N-dealkylation sites (N-methyl/N-ethyl adjacent to an activating group) is 1. The zero-order valence-corrected chi connectivity index (χ0v) is 47.6. The number of nitrogens with zero attached hydrogens (tertiary/aromatic N) is 1. The Morgan fingerprint density at radius 1 is 0.400 bits per heavy atom. The van der Waals surface area contributed by atoms with Crippen molar-refractivity contribution in [3.63, 3.8) is 0 Å². The first-order chi connectivity index (χ1) is 36.6. The number of allylic oxidation sites excluding steroid dienone is 26. The highest BCUT2D eigenvalue weighted by molar-refractivity contribution is 5.70. The van der Waals surface area contributed by atoms with Crippen LogP contribution in [0.4, 0.5) is 0 Å². The van der Waals surface area contributed by atoms with Crippen LogP contribution in [0.15, 0.2) is 158 Å². The van der Waals surface area contributed by atoms with E-state index in [9.17, 15) is 19.5 Å².